The van der Waals surface area contributed by atoms with Gasteiger partial charge in [0.1, 0.15) is 17.5 Å². The molecule has 0 bridgehead atoms. The van der Waals surface area contributed by atoms with Gasteiger partial charge in [-0.15, -0.1) is 0 Å². The van der Waals surface area contributed by atoms with Crippen LogP contribution in [0.4, 0.5) is 11.6 Å². The Bertz CT molecular complexity index is 449. The number of rotatable bonds is 7. The zero-order valence-corrected chi connectivity index (χ0v) is 14.8. The smallest absolute Gasteiger partial charge is 0.138 e. The highest BCUT2D eigenvalue weighted by Crippen LogP contribution is 2.27. The van der Waals surface area contributed by atoms with E-state index in [9.17, 15) is 0 Å². The Labute approximate surface area is 130 Å². The Morgan fingerprint density at radius 1 is 1.05 bits per heavy atom. The minimum Gasteiger partial charge on any atom is -0.370 e. The second kappa shape index (κ2) is 7.62. The topological polar surface area (TPSA) is 49.8 Å². The molecular weight excluding hydrogens is 260 g/mol. The zero-order chi connectivity index (χ0) is 16.0. The van der Waals surface area contributed by atoms with E-state index in [1.807, 2.05) is 0 Å². The maximum Gasteiger partial charge on any atom is 0.138 e. The van der Waals surface area contributed by atoms with E-state index in [0.717, 1.165) is 36.0 Å². The molecule has 1 unspecified atom stereocenters. The maximum atomic E-state index is 4.79. The van der Waals surface area contributed by atoms with Crippen LogP contribution in [0.1, 0.15) is 72.2 Å². The van der Waals surface area contributed by atoms with Crippen molar-refractivity contribution in [1.29, 1.82) is 0 Å². The summed E-state index contributed by atoms with van der Waals surface area (Å²) in [5, 5.41) is 6.98. The number of aromatic nitrogens is 2. The Kier molecular flexibility index (Phi) is 6.43. The van der Waals surface area contributed by atoms with Crippen LogP contribution < -0.4 is 10.6 Å². The normalized spacial score (nSPS) is 13.1. The van der Waals surface area contributed by atoms with Gasteiger partial charge in [0.15, 0.2) is 0 Å². The molecule has 0 aromatic carbocycles. The predicted octanol–water partition coefficient (Wildman–Crippen LogP) is 4.50. The lowest BCUT2D eigenvalue weighted by molar-refractivity contribution is 0.544. The molecule has 4 heteroatoms. The lowest BCUT2D eigenvalue weighted by Gasteiger charge is -2.24. The van der Waals surface area contributed by atoms with Gasteiger partial charge in [-0.2, -0.15) is 0 Å². The van der Waals surface area contributed by atoms with E-state index in [1.54, 1.807) is 0 Å². The van der Waals surface area contributed by atoms with Crippen molar-refractivity contribution in [3.63, 3.8) is 0 Å². The third-order valence-corrected chi connectivity index (χ3v) is 3.63. The van der Waals surface area contributed by atoms with E-state index < -0.39 is 0 Å². The zero-order valence-electron chi connectivity index (χ0n) is 14.8. The van der Waals surface area contributed by atoms with Gasteiger partial charge in [-0.05, 0) is 26.7 Å². The molecule has 0 aliphatic carbocycles. The summed E-state index contributed by atoms with van der Waals surface area (Å²) in [4.78, 5) is 9.51. The summed E-state index contributed by atoms with van der Waals surface area (Å²) in [5.74, 6) is 2.82. The molecule has 1 aromatic heterocycles. The molecule has 0 amide bonds. The predicted molar refractivity (Wildman–Crippen MR) is 92.2 cm³/mol. The van der Waals surface area contributed by atoms with Gasteiger partial charge in [-0.1, -0.05) is 41.0 Å². The van der Waals surface area contributed by atoms with Crippen molar-refractivity contribution >= 4 is 11.6 Å². The lowest BCUT2D eigenvalue weighted by atomic mass is 9.95. The molecule has 0 aliphatic rings. The quantitative estimate of drug-likeness (QED) is 0.776. The molecular formula is C17H32N4. The van der Waals surface area contributed by atoms with Crippen LogP contribution >= 0.6 is 0 Å². The Hall–Kier alpha value is -1.32. The molecule has 1 rings (SSSR count). The Balaban J connectivity index is 3.19. The molecule has 1 aromatic rings. The summed E-state index contributed by atoms with van der Waals surface area (Å²) in [6.07, 6.45) is 3.46. The van der Waals surface area contributed by atoms with E-state index in [4.69, 9.17) is 9.97 Å². The van der Waals surface area contributed by atoms with Crippen LogP contribution in [0.5, 0.6) is 0 Å². The van der Waals surface area contributed by atoms with Crippen molar-refractivity contribution in [3.8, 4) is 0 Å². The number of hydrogen-bond acceptors (Lipinski definition) is 4. The molecule has 21 heavy (non-hydrogen) atoms. The fraction of sp³-hybridized carbons (Fsp3) is 0.765. The summed E-state index contributed by atoms with van der Waals surface area (Å²) in [7, 11) is 0. The molecule has 1 heterocycles. The summed E-state index contributed by atoms with van der Waals surface area (Å²) in [6, 6.07) is 0.478. The Morgan fingerprint density at radius 2 is 1.67 bits per heavy atom. The third-order valence-electron chi connectivity index (χ3n) is 3.63. The van der Waals surface area contributed by atoms with Crippen LogP contribution in [0.25, 0.3) is 0 Å². The molecule has 0 radical (unpaired) electrons. The minimum atomic E-state index is -0.0548. The molecule has 2 N–H and O–H groups in total. The summed E-state index contributed by atoms with van der Waals surface area (Å²) >= 11 is 0. The van der Waals surface area contributed by atoms with Crippen molar-refractivity contribution in [3.05, 3.63) is 11.4 Å². The first kappa shape index (κ1) is 17.7. The number of nitrogens with one attached hydrogen (secondary N) is 2. The highest BCUT2D eigenvalue weighted by molar-refractivity contribution is 5.58. The van der Waals surface area contributed by atoms with Gasteiger partial charge in [0.05, 0.1) is 0 Å². The molecule has 0 saturated carbocycles. The lowest BCUT2D eigenvalue weighted by Crippen LogP contribution is -2.24. The van der Waals surface area contributed by atoms with Crippen molar-refractivity contribution < 1.29 is 0 Å². The summed E-state index contributed by atoms with van der Waals surface area (Å²) < 4.78 is 0. The molecule has 0 spiro atoms. The second-order valence-corrected chi connectivity index (χ2v) is 6.69. The van der Waals surface area contributed by atoms with Crippen LogP contribution in [0, 0.1) is 6.92 Å². The molecule has 0 aliphatic heterocycles. The van der Waals surface area contributed by atoms with Gasteiger partial charge in [0.2, 0.25) is 0 Å². The van der Waals surface area contributed by atoms with Crippen LogP contribution in [0.2, 0.25) is 0 Å². The first-order valence-electron chi connectivity index (χ1n) is 8.22. The SMILES string of the molecule is CCCC(CC)Nc1nc(C(C)(C)C)nc(NCC)c1C. The van der Waals surface area contributed by atoms with E-state index in [2.05, 4.69) is 59.1 Å². The van der Waals surface area contributed by atoms with Crippen molar-refractivity contribution in [2.24, 2.45) is 0 Å². The van der Waals surface area contributed by atoms with Gasteiger partial charge in [0.25, 0.3) is 0 Å². The van der Waals surface area contributed by atoms with Crippen molar-refractivity contribution in [1.82, 2.24) is 9.97 Å². The first-order chi connectivity index (χ1) is 9.83. The molecule has 4 nitrogen and oxygen atoms in total. The van der Waals surface area contributed by atoms with E-state index >= 15 is 0 Å². The Morgan fingerprint density at radius 3 is 2.14 bits per heavy atom. The van der Waals surface area contributed by atoms with Crippen molar-refractivity contribution in [2.75, 3.05) is 17.2 Å². The van der Waals surface area contributed by atoms with E-state index in [-0.39, 0.29) is 5.41 Å². The van der Waals surface area contributed by atoms with Gasteiger partial charge in [-0.3, -0.25) is 0 Å². The van der Waals surface area contributed by atoms with Gasteiger partial charge in [0, 0.05) is 23.6 Å². The third kappa shape index (κ3) is 4.87. The maximum absolute atomic E-state index is 4.79. The summed E-state index contributed by atoms with van der Waals surface area (Å²) in [5.41, 5.74) is 1.06. The highest BCUT2D eigenvalue weighted by atomic mass is 15.1. The van der Waals surface area contributed by atoms with Gasteiger partial charge >= 0.3 is 0 Å². The molecule has 1 atom stereocenters. The number of nitrogens with zero attached hydrogens (tertiary/aromatic N) is 2. The van der Waals surface area contributed by atoms with Crippen LogP contribution in [0.15, 0.2) is 0 Å². The van der Waals surface area contributed by atoms with Crippen LogP contribution in [0.3, 0.4) is 0 Å². The molecule has 0 saturated heterocycles. The standard InChI is InChI=1S/C17H32N4/c1-8-11-13(9-2)19-15-12(4)14(18-10-3)20-16(21-15)17(5,6)7/h13H,8-11H2,1-7H3,(H2,18,19,20,21). The highest BCUT2D eigenvalue weighted by Gasteiger charge is 2.21. The fourth-order valence-corrected chi connectivity index (χ4v) is 2.25. The largest absolute Gasteiger partial charge is 0.370 e. The van der Waals surface area contributed by atoms with Crippen LogP contribution in [-0.2, 0) is 5.41 Å². The minimum absolute atomic E-state index is 0.0548. The van der Waals surface area contributed by atoms with Crippen LogP contribution in [-0.4, -0.2) is 22.6 Å². The number of anilines is 2. The average molecular weight is 292 g/mol. The second-order valence-electron chi connectivity index (χ2n) is 6.69. The number of hydrogen-bond donors (Lipinski definition) is 2. The van der Waals surface area contributed by atoms with E-state index in [1.165, 1.54) is 12.8 Å². The van der Waals surface area contributed by atoms with Crippen molar-refractivity contribution in [2.45, 2.75) is 79.2 Å². The monoisotopic (exact) mass is 292 g/mol. The molecule has 0 fully saturated rings. The average Bonchev–Trinajstić information content (AvgIpc) is 2.41. The van der Waals surface area contributed by atoms with Gasteiger partial charge < -0.3 is 10.6 Å². The first-order valence-corrected chi connectivity index (χ1v) is 8.22. The summed E-state index contributed by atoms with van der Waals surface area (Å²) in [6.45, 7) is 16.0. The van der Waals surface area contributed by atoms with E-state index in [0.29, 0.717) is 6.04 Å². The molecule has 120 valence electrons. The van der Waals surface area contributed by atoms with Gasteiger partial charge in [-0.25, -0.2) is 9.97 Å². The fourth-order valence-electron chi connectivity index (χ4n) is 2.25.